The van der Waals surface area contributed by atoms with Gasteiger partial charge in [-0.3, -0.25) is 9.79 Å². The summed E-state index contributed by atoms with van der Waals surface area (Å²) in [7, 11) is 3.18. The summed E-state index contributed by atoms with van der Waals surface area (Å²) in [6, 6.07) is 6.63. The van der Waals surface area contributed by atoms with E-state index in [-0.39, 0.29) is 5.97 Å². The Morgan fingerprint density at radius 2 is 1.74 bits per heavy atom. The zero-order chi connectivity index (χ0) is 17.1. The maximum absolute atomic E-state index is 11.0. The first-order valence-corrected chi connectivity index (χ1v) is 8.13. The summed E-state index contributed by atoms with van der Waals surface area (Å²) in [6.07, 6.45) is 3.16. The minimum Gasteiger partial charge on any atom is -0.469 e. The van der Waals surface area contributed by atoms with Crippen molar-refractivity contribution < 1.29 is 9.53 Å². The lowest BCUT2D eigenvalue weighted by Gasteiger charge is -2.12. The van der Waals surface area contributed by atoms with E-state index in [9.17, 15) is 4.79 Å². The number of nitrogens with zero attached hydrogens (tertiary/aromatic N) is 1. The van der Waals surface area contributed by atoms with Gasteiger partial charge in [0, 0.05) is 26.6 Å². The molecular formula is C18H29N3O2. The molecule has 128 valence electrons. The van der Waals surface area contributed by atoms with Crippen LogP contribution in [0.25, 0.3) is 0 Å². The van der Waals surface area contributed by atoms with E-state index in [1.807, 2.05) is 0 Å². The lowest BCUT2D eigenvalue weighted by atomic mass is 10.1. The Hall–Kier alpha value is -2.04. The number of hydrogen-bond acceptors (Lipinski definition) is 3. The molecule has 0 aromatic heterocycles. The number of aryl methyl sites for hydroxylation is 2. The zero-order valence-corrected chi connectivity index (χ0v) is 14.7. The highest BCUT2D eigenvalue weighted by Crippen LogP contribution is 2.08. The van der Waals surface area contributed by atoms with Gasteiger partial charge in [-0.1, -0.05) is 29.3 Å². The van der Waals surface area contributed by atoms with Gasteiger partial charge >= 0.3 is 5.97 Å². The standard InChI is InChI=1S/C18H29N3O2/c1-14-11-15(2)13-16(12-14)8-10-21-18(19-3)20-9-6-5-7-17(22)23-4/h11-13H,5-10H2,1-4H3,(H2,19,20,21). The van der Waals surface area contributed by atoms with E-state index in [0.29, 0.717) is 6.42 Å². The smallest absolute Gasteiger partial charge is 0.305 e. The van der Waals surface area contributed by atoms with E-state index >= 15 is 0 Å². The Kier molecular flexibility index (Phi) is 8.80. The van der Waals surface area contributed by atoms with E-state index in [1.54, 1.807) is 7.05 Å². The number of aliphatic imine (C=N–C) groups is 1. The summed E-state index contributed by atoms with van der Waals surface area (Å²) in [5, 5.41) is 6.57. The molecule has 0 saturated heterocycles. The largest absolute Gasteiger partial charge is 0.469 e. The van der Waals surface area contributed by atoms with Crippen LogP contribution in [0.2, 0.25) is 0 Å². The van der Waals surface area contributed by atoms with Crippen LogP contribution in [0.15, 0.2) is 23.2 Å². The average molecular weight is 319 g/mol. The number of carbonyl (C=O) groups is 1. The van der Waals surface area contributed by atoms with Crippen molar-refractivity contribution >= 4 is 11.9 Å². The highest BCUT2D eigenvalue weighted by molar-refractivity contribution is 5.79. The van der Waals surface area contributed by atoms with Gasteiger partial charge in [0.05, 0.1) is 7.11 Å². The van der Waals surface area contributed by atoms with Crippen molar-refractivity contribution in [3.63, 3.8) is 0 Å². The minimum absolute atomic E-state index is 0.152. The first-order chi connectivity index (χ1) is 11.0. The van der Waals surface area contributed by atoms with E-state index < -0.39 is 0 Å². The SMILES string of the molecule is CN=C(NCCCCC(=O)OC)NCCc1cc(C)cc(C)c1. The van der Waals surface area contributed by atoms with Gasteiger partial charge in [0.1, 0.15) is 0 Å². The van der Waals surface area contributed by atoms with Crippen LogP contribution in [0, 0.1) is 13.8 Å². The van der Waals surface area contributed by atoms with Crippen LogP contribution in [0.4, 0.5) is 0 Å². The molecule has 0 heterocycles. The number of benzene rings is 1. The van der Waals surface area contributed by atoms with E-state index in [4.69, 9.17) is 0 Å². The molecule has 0 aliphatic heterocycles. The van der Waals surface area contributed by atoms with Gasteiger partial charge in [-0.25, -0.2) is 0 Å². The normalized spacial score (nSPS) is 11.2. The van der Waals surface area contributed by atoms with Crippen LogP contribution in [0.5, 0.6) is 0 Å². The van der Waals surface area contributed by atoms with Gasteiger partial charge in [-0.05, 0) is 38.7 Å². The van der Waals surface area contributed by atoms with Gasteiger partial charge in [0.15, 0.2) is 5.96 Å². The van der Waals surface area contributed by atoms with Gasteiger partial charge in [-0.2, -0.15) is 0 Å². The van der Waals surface area contributed by atoms with Crippen molar-refractivity contribution in [2.75, 3.05) is 27.2 Å². The molecule has 2 N–H and O–H groups in total. The van der Waals surface area contributed by atoms with Gasteiger partial charge < -0.3 is 15.4 Å². The molecule has 1 aromatic rings. The molecule has 0 amide bonds. The molecule has 23 heavy (non-hydrogen) atoms. The molecule has 0 radical (unpaired) electrons. The fraction of sp³-hybridized carbons (Fsp3) is 0.556. The monoisotopic (exact) mass is 319 g/mol. The summed E-state index contributed by atoms with van der Waals surface area (Å²) in [5.41, 5.74) is 3.93. The van der Waals surface area contributed by atoms with Crippen LogP contribution >= 0.6 is 0 Å². The molecular weight excluding hydrogens is 290 g/mol. The zero-order valence-electron chi connectivity index (χ0n) is 14.7. The van der Waals surface area contributed by atoms with Crippen molar-refractivity contribution in [2.45, 2.75) is 39.5 Å². The number of methoxy groups -OCH3 is 1. The van der Waals surface area contributed by atoms with Gasteiger partial charge in [0.25, 0.3) is 0 Å². The second kappa shape index (κ2) is 10.6. The van der Waals surface area contributed by atoms with E-state index in [1.165, 1.54) is 23.8 Å². The van der Waals surface area contributed by atoms with E-state index in [2.05, 4.69) is 52.4 Å². The van der Waals surface area contributed by atoms with Crippen molar-refractivity contribution in [2.24, 2.45) is 4.99 Å². The molecule has 0 spiro atoms. The number of ether oxygens (including phenoxy) is 1. The summed E-state index contributed by atoms with van der Waals surface area (Å²) in [5.74, 6) is 0.647. The maximum atomic E-state index is 11.0. The summed E-state index contributed by atoms with van der Waals surface area (Å²) < 4.78 is 4.62. The third-order valence-corrected chi connectivity index (χ3v) is 3.54. The predicted molar refractivity (Wildman–Crippen MR) is 94.9 cm³/mol. The molecule has 0 fully saturated rings. The minimum atomic E-state index is -0.152. The summed E-state index contributed by atoms with van der Waals surface area (Å²) in [6.45, 7) is 5.88. The lowest BCUT2D eigenvalue weighted by Crippen LogP contribution is -2.38. The molecule has 5 heteroatoms. The van der Waals surface area contributed by atoms with Crippen LogP contribution in [0.3, 0.4) is 0 Å². The Balaban J connectivity index is 2.22. The Labute approximate surface area is 139 Å². The number of guanidine groups is 1. The summed E-state index contributed by atoms with van der Waals surface area (Å²) in [4.78, 5) is 15.2. The van der Waals surface area contributed by atoms with Gasteiger partial charge in [0.2, 0.25) is 0 Å². The highest BCUT2D eigenvalue weighted by atomic mass is 16.5. The fourth-order valence-corrected chi connectivity index (χ4v) is 2.46. The third-order valence-electron chi connectivity index (χ3n) is 3.54. The molecule has 0 unspecified atom stereocenters. The number of hydrogen-bond donors (Lipinski definition) is 2. The second-order valence-electron chi connectivity index (χ2n) is 5.70. The molecule has 0 saturated carbocycles. The molecule has 0 aliphatic rings. The first kappa shape index (κ1) is 19.0. The molecule has 1 rings (SSSR count). The second-order valence-corrected chi connectivity index (χ2v) is 5.70. The fourth-order valence-electron chi connectivity index (χ4n) is 2.46. The van der Waals surface area contributed by atoms with Crippen molar-refractivity contribution in [3.8, 4) is 0 Å². The molecule has 0 atom stereocenters. The van der Waals surface area contributed by atoms with Crippen molar-refractivity contribution in [1.82, 2.24) is 10.6 Å². The topological polar surface area (TPSA) is 62.7 Å². The number of carbonyl (C=O) groups excluding carboxylic acids is 1. The van der Waals surface area contributed by atoms with Crippen molar-refractivity contribution in [1.29, 1.82) is 0 Å². The number of rotatable bonds is 8. The van der Waals surface area contributed by atoms with Crippen LogP contribution in [-0.2, 0) is 16.0 Å². The lowest BCUT2D eigenvalue weighted by molar-refractivity contribution is -0.140. The maximum Gasteiger partial charge on any atom is 0.305 e. The molecule has 5 nitrogen and oxygen atoms in total. The quantitative estimate of drug-likeness (QED) is 0.334. The van der Waals surface area contributed by atoms with Gasteiger partial charge in [-0.15, -0.1) is 0 Å². The number of unbranched alkanes of at least 4 members (excludes halogenated alkanes) is 1. The summed E-state index contributed by atoms with van der Waals surface area (Å²) >= 11 is 0. The predicted octanol–water partition coefficient (Wildman–Crippen LogP) is 2.35. The Bertz CT molecular complexity index is 507. The van der Waals surface area contributed by atoms with Crippen LogP contribution in [0.1, 0.15) is 36.0 Å². The number of esters is 1. The Morgan fingerprint density at radius 1 is 1.09 bits per heavy atom. The van der Waals surface area contributed by atoms with Crippen molar-refractivity contribution in [3.05, 3.63) is 34.9 Å². The highest BCUT2D eigenvalue weighted by Gasteiger charge is 2.01. The molecule has 0 aliphatic carbocycles. The first-order valence-electron chi connectivity index (χ1n) is 8.13. The Morgan fingerprint density at radius 3 is 2.35 bits per heavy atom. The average Bonchev–Trinajstić information content (AvgIpc) is 2.51. The number of nitrogens with one attached hydrogen (secondary N) is 2. The third kappa shape index (κ3) is 8.24. The van der Waals surface area contributed by atoms with Crippen LogP contribution in [-0.4, -0.2) is 39.2 Å². The molecule has 1 aromatic carbocycles. The van der Waals surface area contributed by atoms with E-state index in [0.717, 1.165) is 38.3 Å². The van der Waals surface area contributed by atoms with Crippen LogP contribution < -0.4 is 10.6 Å². The molecule has 0 bridgehead atoms.